The Labute approximate surface area is 105 Å². The van der Waals surface area contributed by atoms with Gasteiger partial charge in [-0.05, 0) is 31.0 Å². The van der Waals surface area contributed by atoms with Gasteiger partial charge in [-0.1, -0.05) is 11.2 Å². The number of rotatable bonds is 5. The summed E-state index contributed by atoms with van der Waals surface area (Å²) >= 11 is 0. The quantitative estimate of drug-likeness (QED) is 0.884. The highest BCUT2D eigenvalue weighted by molar-refractivity contribution is 5.29. The van der Waals surface area contributed by atoms with Crippen molar-refractivity contribution in [2.75, 3.05) is 0 Å². The summed E-state index contributed by atoms with van der Waals surface area (Å²) in [5.41, 5.74) is 6.52. The molecule has 0 aliphatic rings. The van der Waals surface area contributed by atoms with Crippen molar-refractivity contribution >= 4 is 0 Å². The lowest BCUT2D eigenvalue weighted by Crippen LogP contribution is -2.17. The number of ether oxygens (including phenoxy) is 1. The maximum Gasteiger partial charge on any atom is 0.174 e. The van der Waals surface area contributed by atoms with Gasteiger partial charge in [0.25, 0.3) is 0 Å². The summed E-state index contributed by atoms with van der Waals surface area (Å²) in [7, 11) is 0. The molecule has 0 aliphatic heterocycles. The minimum Gasteiger partial charge on any atom is -0.482 e. The lowest BCUT2D eigenvalue weighted by atomic mass is 10.1. The summed E-state index contributed by atoms with van der Waals surface area (Å²) in [6.45, 7) is 2.04. The van der Waals surface area contributed by atoms with Gasteiger partial charge in [0, 0.05) is 12.1 Å². The SMILES string of the molecule is CC(N)Cc1ccc(OCc2ccno2)c(F)c1. The van der Waals surface area contributed by atoms with Gasteiger partial charge in [-0.3, -0.25) is 0 Å². The zero-order valence-corrected chi connectivity index (χ0v) is 10.1. The van der Waals surface area contributed by atoms with Gasteiger partial charge < -0.3 is 15.0 Å². The van der Waals surface area contributed by atoms with Crippen LogP contribution in [0.4, 0.5) is 4.39 Å². The zero-order chi connectivity index (χ0) is 13.0. The van der Waals surface area contributed by atoms with E-state index in [1.165, 1.54) is 12.3 Å². The normalized spacial score (nSPS) is 12.4. The highest BCUT2D eigenvalue weighted by Crippen LogP contribution is 2.20. The Balaban J connectivity index is 2.01. The lowest BCUT2D eigenvalue weighted by Gasteiger charge is -2.08. The number of nitrogens with zero attached hydrogens (tertiary/aromatic N) is 1. The van der Waals surface area contributed by atoms with Crippen molar-refractivity contribution in [3.63, 3.8) is 0 Å². The van der Waals surface area contributed by atoms with Crippen molar-refractivity contribution in [1.82, 2.24) is 5.16 Å². The average molecular weight is 250 g/mol. The Bertz CT molecular complexity index is 498. The molecule has 2 N–H and O–H groups in total. The van der Waals surface area contributed by atoms with Gasteiger partial charge in [0.2, 0.25) is 0 Å². The second-order valence-corrected chi connectivity index (χ2v) is 4.21. The average Bonchev–Trinajstić information content (AvgIpc) is 2.80. The van der Waals surface area contributed by atoms with Gasteiger partial charge in [0.1, 0.15) is 6.61 Å². The first-order valence-electron chi connectivity index (χ1n) is 5.71. The second-order valence-electron chi connectivity index (χ2n) is 4.21. The molecule has 0 radical (unpaired) electrons. The summed E-state index contributed by atoms with van der Waals surface area (Å²) in [6, 6.07) is 6.53. The molecule has 1 heterocycles. The van der Waals surface area contributed by atoms with Crippen molar-refractivity contribution in [3.05, 3.63) is 47.6 Å². The van der Waals surface area contributed by atoms with Crippen LogP contribution in [0.2, 0.25) is 0 Å². The maximum absolute atomic E-state index is 13.7. The van der Waals surface area contributed by atoms with E-state index in [-0.39, 0.29) is 18.4 Å². The largest absolute Gasteiger partial charge is 0.482 e. The fourth-order valence-electron chi connectivity index (χ4n) is 1.63. The Morgan fingerprint density at radius 3 is 2.89 bits per heavy atom. The van der Waals surface area contributed by atoms with Crippen molar-refractivity contribution < 1.29 is 13.7 Å². The van der Waals surface area contributed by atoms with E-state index < -0.39 is 5.82 Å². The molecule has 1 aromatic heterocycles. The standard InChI is InChI=1S/C13H15FN2O2/c1-9(15)6-10-2-3-13(12(14)7-10)17-8-11-4-5-16-18-11/h2-5,7,9H,6,8,15H2,1H3. The van der Waals surface area contributed by atoms with E-state index in [4.69, 9.17) is 15.0 Å². The summed E-state index contributed by atoms with van der Waals surface area (Å²) in [6.07, 6.45) is 2.15. The molecule has 0 spiro atoms. The lowest BCUT2D eigenvalue weighted by molar-refractivity contribution is 0.240. The number of halogens is 1. The van der Waals surface area contributed by atoms with Gasteiger partial charge in [-0.15, -0.1) is 0 Å². The molecule has 0 amide bonds. The molecule has 0 fully saturated rings. The third-order valence-electron chi connectivity index (χ3n) is 2.42. The first-order valence-corrected chi connectivity index (χ1v) is 5.71. The summed E-state index contributed by atoms with van der Waals surface area (Å²) < 4.78 is 23.9. The van der Waals surface area contributed by atoms with Crippen LogP contribution in [0.25, 0.3) is 0 Å². The van der Waals surface area contributed by atoms with Crippen molar-refractivity contribution in [1.29, 1.82) is 0 Å². The zero-order valence-electron chi connectivity index (χ0n) is 10.1. The predicted octanol–water partition coefficient (Wildman–Crippen LogP) is 2.28. The molecule has 5 heteroatoms. The van der Waals surface area contributed by atoms with Crippen LogP contribution in [0.3, 0.4) is 0 Å². The van der Waals surface area contributed by atoms with Crippen molar-refractivity contribution in [3.8, 4) is 5.75 Å². The van der Waals surface area contributed by atoms with Crippen LogP contribution in [0.5, 0.6) is 5.75 Å². The molecule has 0 bridgehead atoms. The van der Waals surface area contributed by atoms with Crippen LogP contribution in [0, 0.1) is 5.82 Å². The van der Waals surface area contributed by atoms with Gasteiger partial charge in [-0.2, -0.15) is 0 Å². The van der Waals surface area contributed by atoms with E-state index in [0.717, 1.165) is 5.56 Å². The highest BCUT2D eigenvalue weighted by atomic mass is 19.1. The first-order chi connectivity index (χ1) is 8.65. The fourth-order valence-corrected chi connectivity index (χ4v) is 1.63. The number of benzene rings is 1. The van der Waals surface area contributed by atoms with Crippen molar-refractivity contribution in [2.24, 2.45) is 5.73 Å². The molecule has 1 aromatic carbocycles. The van der Waals surface area contributed by atoms with Crippen LogP contribution in [0.1, 0.15) is 18.2 Å². The summed E-state index contributed by atoms with van der Waals surface area (Å²) in [5, 5.41) is 3.54. The van der Waals surface area contributed by atoms with E-state index >= 15 is 0 Å². The molecule has 0 aliphatic carbocycles. The van der Waals surface area contributed by atoms with E-state index in [2.05, 4.69) is 5.16 Å². The number of hydrogen-bond donors (Lipinski definition) is 1. The van der Waals surface area contributed by atoms with Crippen LogP contribution >= 0.6 is 0 Å². The van der Waals surface area contributed by atoms with Crippen LogP contribution in [0.15, 0.2) is 35.0 Å². The van der Waals surface area contributed by atoms with Gasteiger partial charge in [-0.25, -0.2) is 4.39 Å². The maximum atomic E-state index is 13.7. The Morgan fingerprint density at radius 1 is 1.44 bits per heavy atom. The molecule has 1 unspecified atom stereocenters. The van der Waals surface area contributed by atoms with Gasteiger partial charge in [0.15, 0.2) is 17.3 Å². The van der Waals surface area contributed by atoms with E-state index in [1.54, 1.807) is 12.1 Å². The molecule has 1 atom stereocenters. The molecule has 2 rings (SSSR count). The van der Waals surface area contributed by atoms with Crippen LogP contribution < -0.4 is 10.5 Å². The van der Waals surface area contributed by atoms with E-state index in [9.17, 15) is 4.39 Å². The van der Waals surface area contributed by atoms with E-state index in [1.807, 2.05) is 13.0 Å². The van der Waals surface area contributed by atoms with Gasteiger partial charge in [0.05, 0.1) is 6.20 Å². The molecule has 2 aromatic rings. The topological polar surface area (TPSA) is 61.3 Å². The van der Waals surface area contributed by atoms with Gasteiger partial charge >= 0.3 is 0 Å². The van der Waals surface area contributed by atoms with Crippen molar-refractivity contribution in [2.45, 2.75) is 26.0 Å². The fraction of sp³-hybridized carbons (Fsp3) is 0.308. The Kier molecular flexibility index (Phi) is 3.94. The second kappa shape index (κ2) is 5.64. The number of nitrogens with two attached hydrogens (primary N) is 1. The third kappa shape index (κ3) is 3.30. The number of aromatic nitrogens is 1. The monoisotopic (exact) mass is 250 g/mol. The van der Waals surface area contributed by atoms with Crippen LogP contribution in [-0.2, 0) is 13.0 Å². The minimum absolute atomic E-state index is 0.00496. The Morgan fingerprint density at radius 2 is 2.28 bits per heavy atom. The van der Waals surface area contributed by atoms with Crippen LogP contribution in [-0.4, -0.2) is 11.2 Å². The molecule has 4 nitrogen and oxygen atoms in total. The number of hydrogen-bond acceptors (Lipinski definition) is 4. The molecule has 18 heavy (non-hydrogen) atoms. The smallest absolute Gasteiger partial charge is 0.174 e. The molecule has 0 saturated heterocycles. The Hall–Kier alpha value is -1.88. The molecular formula is C13H15FN2O2. The molecule has 96 valence electrons. The summed E-state index contributed by atoms with van der Waals surface area (Å²) in [4.78, 5) is 0. The predicted molar refractivity (Wildman–Crippen MR) is 64.6 cm³/mol. The minimum atomic E-state index is -0.396. The molecule has 0 saturated carbocycles. The highest BCUT2D eigenvalue weighted by Gasteiger charge is 2.07. The third-order valence-corrected chi connectivity index (χ3v) is 2.42. The molecular weight excluding hydrogens is 235 g/mol. The van der Waals surface area contributed by atoms with E-state index in [0.29, 0.717) is 12.2 Å². The first kappa shape index (κ1) is 12.6. The summed E-state index contributed by atoms with van der Waals surface area (Å²) in [5.74, 6) is 0.349.